The minimum absolute atomic E-state index is 0.295. The molecule has 2 unspecified atom stereocenters. The highest BCUT2D eigenvalue weighted by Crippen LogP contribution is 2.30. The van der Waals surface area contributed by atoms with E-state index < -0.39 is 15.1 Å². The summed E-state index contributed by atoms with van der Waals surface area (Å²) < 4.78 is 37.7. The molecule has 2 aromatic carbocycles. The number of fused-ring (bicyclic) bond motifs is 1. The van der Waals surface area contributed by atoms with Crippen LogP contribution in [0.1, 0.15) is 25.5 Å². The number of sulfone groups is 1. The Morgan fingerprint density at radius 3 is 2.33 bits per heavy atom. The number of hydrogen-bond donors (Lipinski definition) is 1. The second-order valence-electron chi connectivity index (χ2n) is 5.25. The van der Waals surface area contributed by atoms with Crippen molar-refractivity contribution in [3.8, 4) is 0 Å². The molecular weight excluding hydrogens is 289 g/mol. The summed E-state index contributed by atoms with van der Waals surface area (Å²) in [5, 5.41) is 3.89. The minimum atomic E-state index is -3.21. The molecule has 5 heteroatoms. The molecule has 0 saturated heterocycles. The molecule has 2 aromatic rings. The van der Waals surface area contributed by atoms with Crippen molar-refractivity contribution in [2.45, 2.75) is 25.1 Å². The van der Waals surface area contributed by atoms with Crippen molar-refractivity contribution < 1.29 is 12.8 Å². The van der Waals surface area contributed by atoms with Gasteiger partial charge in [-0.05, 0) is 30.5 Å². The Labute approximate surface area is 125 Å². The molecule has 21 heavy (non-hydrogen) atoms. The van der Waals surface area contributed by atoms with Gasteiger partial charge in [0.25, 0.3) is 0 Å². The van der Waals surface area contributed by atoms with Crippen LogP contribution in [0.2, 0.25) is 0 Å². The normalized spacial score (nSPS) is 15.0. The molecule has 0 aromatic heterocycles. The summed E-state index contributed by atoms with van der Waals surface area (Å²) in [6.45, 7) is 4.24. The molecule has 0 fully saturated rings. The van der Waals surface area contributed by atoms with Crippen LogP contribution < -0.4 is 5.32 Å². The van der Waals surface area contributed by atoms with Crippen molar-refractivity contribution in [1.29, 1.82) is 0 Å². The summed E-state index contributed by atoms with van der Waals surface area (Å²) in [5.74, 6) is -0.295. The van der Waals surface area contributed by atoms with E-state index in [1.54, 1.807) is 25.1 Å². The fourth-order valence-electron chi connectivity index (χ4n) is 2.55. The second-order valence-corrected chi connectivity index (χ2v) is 7.65. The molecule has 0 amide bonds. The van der Waals surface area contributed by atoms with Crippen LogP contribution in [-0.2, 0) is 9.84 Å². The highest BCUT2D eigenvalue weighted by atomic mass is 32.2. The number of hydrogen-bond acceptors (Lipinski definition) is 3. The average Bonchev–Trinajstić information content (AvgIpc) is 2.44. The van der Waals surface area contributed by atoms with E-state index in [-0.39, 0.29) is 11.9 Å². The molecule has 0 aliphatic heterocycles. The van der Waals surface area contributed by atoms with Gasteiger partial charge in [-0.2, -0.15) is 0 Å². The molecule has 0 heterocycles. The summed E-state index contributed by atoms with van der Waals surface area (Å²) in [4.78, 5) is 0. The van der Waals surface area contributed by atoms with Crippen molar-refractivity contribution in [1.82, 2.24) is 5.32 Å². The summed E-state index contributed by atoms with van der Waals surface area (Å²) in [6, 6.07) is 9.85. The summed E-state index contributed by atoms with van der Waals surface area (Å²) in [5.41, 5.74) is 0.812. The lowest BCUT2D eigenvalue weighted by atomic mass is 9.96. The molecule has 0 aliphatic carbocycles. The average molecular weight is 309 g/mol. The standard InChI is InChI=1S/C16H20FNO2S/c1-4-18-16(11(2)21(3,19)20)14-9-10-15(17)13-8-6-5-7-12(13)14/h5-11,16,18H,4H2,1-3H3. The molecule has 2 rings (SSSR count). The number of rotatable bonds is 5. The van der Waals surface area contributed by atoms with E-state index in [1.165, 1.54) is 12.3 Å². The van der Waals surface area contributed by atoms with E-state index in [9.17, 15) is 12.8 Å². The Kier molecular flexibility index (Phi) is 4.64. The van der Waals surface area contributed by atoms with E-state index in [0.29, 0.717) is 11.9 Å². The maximum atomic E-state index is 13.9. The van der Waals surface area contributed by atoms with Gasteiger partial charge >= 0.3 is 0 Å². The molecular formula is C16H20FNO2S. The topological polar surface area (TPSA) is 46.2 Å². The second kappa shape index (κ2) is 6.12. The van der Waals surface area contributed by atoms with Gasteiger partial charge in [0.2, 0.25) is 0 Å². The van der Waals surface area contributed by atoms with E-state index in [4.69, 9.17) is 0 Å². The van der Waals surface area contributed by atoms with Gasteiger partial charge in [0.1, 0.15) is 5.82 Å². The SMILES string of the molecule is CCNC(c1ccc(F)c2ccccc12)C(C)S(C)(=O)=O. The summed E-state index contributed by atoms with van der Waals surface area (Å²) >= 11 is 0. The summed E-state index contributed by atoms with van der Waals surface area (Å²) in [7, 11) is -3.21. The van der Waals surface area contributed by atoms with Crippen molar-refractivity contribution >= 4 is 20.6 Å². The lowest BCUT2D eigenvalue weighted by Gasteiger charge is -2.25. The fraction of sp³-hybridized carbons (Fsp3) is 0.375. The summed E-state index contributed by atoms with van der Waals surface area (Å²) in [6.07, 6.45) is 1.23. The first kappa shape index (κ1) is 15.9. The Morgan fingerprint density at radius 1 is 1.14 bits per heavy atom. The Morgan fingerprint density at radius 2 is 1.76 bits per heavy atom. The van der Waals surface area contributed by atoms with Gasteiger partial charge in [0, 0.05) is 17.7 Å². The third-order valence-electron chi connectivity index (χ3n) is 3.81. The van der Waals surface area contributed by atoms with Gasteiger partial charge in [-0.25, -0.2) is 12.8 Å². The molecule has 0 aliphatic rings. The first-order valence-electron chi connectivity index (χ1n) is 6.95. The third kappa shape index (κ3) is 3.24. The zero-order chi connectivity index (χ0) is 15.6. The zero-order valence-corrected chi connectivity index (χ0v) is 13.2. The molecule has 1 N–H and O–H groups in total. The Balaban J connectivity index is 2.64. The van der Waals surface area contributed by atoms with Gasteiger partial charge < -0.3 is 5.32 Å². The molecule has 0 bridgehead atoms. The van der Waals surface area contributed by atoms with Crippen LogP contribution in [0.25, 0.3) is 10.8 Å². The Hall–Kier alpha value is -1.46. The van der Waals surface area contributed by atoms with Crippen LogP contribution >= 0.6 is 0 Å². The number of halogens is 1. The predicted octanol–water partition coefficient (Wildman–Crippen LogP) is 3.06. The smallest absolute Gasteiger partial charge is 0.151 e. The first-order valence-corrected chi connectivity index (χ1v) is 8.91. The monoisotopic (exact) mass is 309 g/mol. The van der Waals surface area contributed by atoms with E-state index in [0.717, 1.165) is 10.9 Å². The van der Waals surface area contributed by atoms with Crippen LogP contribution in [0, 0.1) is 5.82 Å². The molecule has 3 nitrogen and oxygen atoms in total. The highest BCUT2D eigenvalue weighted by molar-refractivity contribution is 7.91. The van der Waals surface area contributed by atoms with Gasteiger partial charge in [-0.15, -0.1) is 0 Å². The molecule has 114 valence electrons. The quantitative estimate of drug-likeness (QED) is 0.923. The zero-order valence-electron chi connectivity index (χ0n) is 12.4. The maximum absolute atomic E-state index is 13.9. The molecule has 0 radical (unpaired) electrons. The molecule has 0 saturated carbocycles. The van der Waals surface area contributed by atoms with Crippen molar-refractivity contribution in [2.75, 3.05) is 12.8 Å². The van der Waals surface area contributed by atoms with Crippen LogP contribution in [0.5, 0.6) is 0 Å². The maximum Gasteiger partial charge on any atom is 0.151 e. The van der Waals surface area contributed by atoms with Crippen LogP contribution in [0.15, 0.2) is 36.4 Å². The van der Waals surface area contributed by atoms with E-state index >= 15 is 0 Å². The highest BCUT2D eigenvalue weighted by Gasteiger charge is 2.28. The van der Waals surface area contributed by atoms with Gasteiger partial charge in [0.05, 0.1) is 5.25 Å². The lowest BCUT2D eigenvalue weighted by Crippen LogP contribution is -2.35. The largest absolute Gasteiger partial charge is 0.309 e. The minimum Gasteiger partial charge on any atom is -0.309 e. The van der Waals surface area contributed by atoms with Gasteiger partial charge in [-0.1, -0.05) is 37.3 Å². The van der Waals surface area contributed by atoms with Crippen LogP contribution in [0.4, 0.5) is 4.39 Å². The first-order chi connectivity index (χ1) is 9.86. The fourth-order valence-corrected chi connectivity index (χ4v) is 3.29. The number of benzene rings is 2. The van der Waals surface area contributed by atoms with Crippen LogP contribution in [0.3, 0.4) is 0 Å². The van der Waals surface area contributed by atoms with Crippen molar-refractivity contribution in [3.63, 3.8) is 0 Å². The van der Waals surface area contributed by atoms with Crippen LogP contribution in [-0.4, -0.2) is 26.5 Å². The lowest BCUT2D eigenvalue weighted by molar-refractivity contribution is 0.515. The van der Waals surface area contributed by atoms with E-state index in [2.05, 4.69) is 5.32 Å². The third-order valence-corrected chi connectivity index (χ3v) is 5.43. The Bertz CT molecular complexity index is 743. The van der Waals surface area contributed by atoms with Gasteiger partial charge in [-0.3, -0.25) is 0 Å². The molecule has 2 atom stereocenters. The van der Waals surface area contributed by atoms with E-state index in [1.807, 2.05) is 19.1 Å². The predicted molar refractivity (Wildman–Crippen MR) is 84.6 cm³/mol. The van der Waals surface area contributed by atoms with Gasteiger partial charge in [0.15, 0.2) is 9.84 Å². The van der Waals surface area contributed by atoms with Crippen molar-refractivity contribution in [3.05, 3.63) is 47.8 Å². The van der Waals surface area contributed by atoms with Crippen molar-refractivity contribution in [2.24, 2.45) is 0 Å². The number of nitrogens with one attached hydrogen (secondary N) is 1. The molecule has 0 spiro atoms.